The summed E-state index contributed by atoms with van der Waals surface area (Å²) in [6.07, 6.45) is 6.00. The summed E-state index contributed by atoms with van der Waals surface area (Å²) < 4.78 is 10.6. The van der Waals surface area contributed by atoms with Crippen LogP contribution in [0.4, 0.5) is 0 Å². The summed E-state index contributed by atoms with van der Waals surface area (Å²) >= 11 is 0. The fourth-order valence-corrected chi connectivity index (χ4v) is 3.27. The van der Waals surface area contributed by atoms with Crippen LogP contribution in [0.2, 0.25) is 0 Å². The number of nitrogens with zero attached hydrogens (tertiary/aromatic N) is 1. The summed E-state index contributed by atoms with van der Waals surface area (Å²) in [5, 5.41) is 9.71. The second-order valence-corrected chi connectivity index (χ2v) is 7.22. The molecule has 29 heavy (non-hydrogen) atoms. The highest BCUT2D eigenvalue weighted by Crippen LogP contribution is 2.17. The van der Waals surface area contributed by atoms with Crippen molar-refractivity contribution in [1.29, 1.82) is 0 Å². The quantitative estimate of drug-likeness (QED) is 0.283. The highest BCUT2D eigenvalue weighted by molar-refractivity contribution is 5.81. The first-order chi connectivity index (χ1) is 14.2. The summed E-state index contributed by atoms with van der Waals surface area (Å²) in [5.41, 5.74) is 1.10. The van der Waals surface area contributed by atoms with Gasteiger partial charge in [-0.05, 0) is 43.9 Å². The third kappa shape index (κ3) is 9.65. The van der Waals surface area contributed by atoms with Crippen LogP contribution in [-0.4, -0.2) is 51.3 Å². The molecule has 1 aliphatic carbocycles. The molecule has 7 nitrogen and oxygen atoms in total. The van der Waals surface area contributed by atoms with Crippen molar-refractivity contribution in [2.75, 3.05) is 33.4 Å². The monoisotopic (exact) mass is 404 g/mol. The number of rotatable bonds is 12. The summed E-state index contributed by atoms with van der Waals surface area (Å²) in [6, 6.07) is 8.23. The Morgan fingerprint density at radius 1 is 1.14 bits per heavy atom. The van der Waals surface area contributed by atoms with Crippen LogP contribution in [0.1, 0.15) is 51.0 Å². The number of hydrogen-bond donors (Lipinski definition) is 3. The lowest BCUT2D eigenvalue weighted by atomic mass is 10.2. The molecule has 0 unspecified atom stereocenters. The van der Waals surface area contributed by atoms with Crippen LogP contribution in [0.25, 0.3) is 0 Å². The van der Waals surface area contributed by atoms with Gasteiger partial charge in [0.15, 0.2) is 5.96 Å². The molecule has 0 aromatic heterocycles. The Labute approximate surface area is 174 Å². The molecule has 1 fully saturated rings. The van der Waals surface area contributed by atoms with Crippen LogP contribution in [0, 0.1) is 0 Å². The topological polar surface area (TPSA) is 84.0 Å². The van der Waals surface area contributed by atoms with Gasteiger partial charge in [0, 0.05) is 38.8 Å². The second kappa shape index (κ2) is 13.8. The number of nitrogens with one attached hydrogen (secondary N) is 3. The van der Waals surface area contributed by atoms with Gasteiger partial charge >= 0.3 is 0 Å². The van der Waals surface area contributed by atoms with E-state index in [0.717, 1.165) is 50.3 Å². The molecule has 162 valence electrons. The van der Waals surface area contributed by atoms with Crippen LogP contribution >= 0.6 is 0 Å². The molecule has 3 N–H and O–H groups in total. The summed E-state index contributed by atoms with van der Waals surface area (Å²) in [4.78, 5) is 16.8. The lowest BCUT2D eigenvalue weighted by molar-refractivity contribution is -0.121. The minimum Gasteiger partial charge on any atom is -0.497 e. The van der Waals surface area contributed by atoms with Crippen molar-refractivity contribution in [3.8, 4) is 5.75 Å². The van der Waals surface area contributed by atoms with E-state index in [2.05, 4.69) is 20.9 Å². The van der Waals surface area contributed by atoms with E-state index < -0.39 is 0 Å². The third-order valence-electron chi connectivity index (χ3n) is 4.91. The number of carbonyl (C=O) groups is 1. The number of carbonyl (C=O) groups excluding carboxylic acids is 1. The molecule has 7 heteroatoms. The highest BCUT2D eigenvalue weighted by Gasteiger charge is 2.16. The molecular weight excluding hydrogens is 368 g/mol. The predicted octanol–water partition coefficient (Wildman–Crippen LogP) is 2.61. The van der Waals surface area contributed by atoms with Crippen molar-refractivity contribution in [1.82, 2.24) is 16.0 Å². The van der Waals surface area contributed by atoms with Gasteiger partial charge < -0.3 is 25.4 Å². The standard InChI is InChI=1S/C22H36N4O3/c1-3-29-16-6-14-23-22(25-17-18-9-11-20(28-2)12-10-18)24-15-13-21(27)26-19-7-4-5-8-19/h9-12,19H,3-8,13-17H2,1-2H3,(H,26,27)(H2,23,24,25). The van der Waals surface area contributed by atoms with Gasteiger partial charge in [0.2, 0.25) is 5.91 Å². The Morgan fingerprint density at radius 3 is 2.55 bits per heavy atom. The molecule has 1 saturated carbocycles. The lowest BCUT2D eigenvalue weighted by Gasteiger charge is -2.14. The Hall–Kier alpha value is -2.28. The maximum Gasteiger partial charge on any atom is 0.221 e. The van der Waals surface area contributed by atoms with Gasteiger partial charge in [0.05, 0.1) is 13.7 Å². The molecule has 0 radical (unpaired) electrons. The Kier molecular flexibility index (Phi) is 11.0. The van der Waals surface area contributed by atoms with E-state index in [1.165, 1.54) is 12.8 Å². The van der Waals surface area contributed by atoms with E-state index in [0.29, 0.717) is 31.5 Å². The van der Waals surface area contributed by atoms with E-state index in [9.17, 15) is 4.79 Å². The maximum absolute atomic E-state index is 12.1. The van der Waals surface area contributed by atoms with Gasteiger partial charge in [-0.1, -0.05) is 25.0 Å². The van der Waals surface area contributed by atoms with Gasteiger partial charge in [-0.2, -0.15) is 0 Å². The number of benzene rings is 1. The first-order valence-corrected chi connectivity index (χ1v) is 10.7. The molecule has 0 heterocycles. The minimum atomic E-state index is 0.107. The van der Waals surface area contributed by atoms with Gasteiger partial charge in [-0.25, -0.2) is 4.99 Å². The van der Waals surface area contributed by atoms with Gasteiger partial charge in [0.25, 0.3) is 0 Å². The van der Waals surface area contributed by atoms with Crippen LogP contribution < -0.4 is 20.7 Å². The second-order valence-electron chi connectivity index (χ2n) is 7.22. The normalized spacial score (nSPS) is 14.6. The number of aliphatic imine (C=N–C) groups is 1. The number of amides is 1. The molecule has 1 amide bonds. The number of guanidine groups is 1. The van der Waals surface area contributed by atoms with Crippen LogP contribution in [-0.2, 0) is 16.1 Å². The Morgan fingerprint density at radius 2 is 1.86 bits per heavy atom. The first-order valence-electron chi connectivity index (χ1n) is 10.7. The van der Waals surface area contributed by atoms with E-state index in [1.807, 2.05) is 31.2 Å². The number of ether oxygens (including phenoxy) is 2. The largest absolute Gasteiger partial charge is 0.497 e. The maximum atomic E-state index is 12.1. The van der Waals surface area contributed by atoms with Gasteiger partial charge in [-0.15, -0.1) is 0 Å². The van der Waals surface area contributed by atoms with Crippen molar-refractivity contribution in [2.24, 2.45) is 4.99 Å². The average molecular weight is 405 g/mol. The average Bonchev–Trinajstić information content (AvgIpc) is 3.24. The van der Waals surface area contributed by atoms with Crippen molar-refractivity contribution in [2.45, 2.75) is 58.0 Å². The van der Waals surface area contributed by atoms with Crippen molar-refractivity contribution < 1.29 is 14.3 Å². The molecule has 0 aliphatic heterocycles. The molecule has 1 aromatic carbocycles. The fourth-order valence-electron chi connectivity index (χ4n) is 3.27. The molecule has 0 atom stereocenters. The molecule has 1 aliphatic rings. The van der Waals surface area contributed by atoms with E-state index in [1.54, 1.807) is 7.11 Å². The molecule has 0 bridgehead atoms. The van der Waals surface area contributed by atoms with Crippen molar-refractivity contribution in [3.05, 3.63) is 29.8 Å². The predicted molar refractivity (Wildman–Crippen MR) is 116 cm³/mol. The zero-order chi connectivity index (χ0) is 20.7. The summed E-state index contributed by atoms with van der Waals surface area (Å²) in [6.45, 7) is 5.32. The van der Waals surface area contributed by atoms with E-state index in [4.69, 9.17) is 9.47 Å². The van der Waals surface area contributed by atoms with Crippen LogP contribution in [0.5, 0.6) is 5.75 Å². The summed E-state index contributed by atoms with van der Waals surface area (Å²) in [7, 11) is 1.66. The highest BCUT2D eigenvalue weighted by atomic mass is 16.5. The van der Waals surface area contributed by atoms with Crippen molar-refractivity contribution >= 4 is 11.9 Å². The zero-order valence-corrected chi connectivity index (χ0v) is 17.8. The molecule has 0 spiro atoms. The minimum absolute atomic E-state index is 0.107. The van der Waals surface area contributed by atoms with Crippen molar-refractivity contribution in [3.63, 3.8) is 0 Å². The van der Waals surface area contributed by atoms with Gasteiger partial charge in [0.1, 0.15) is 5.75 Å². The molecule has 0 saturated heterocycles. The third-order valence-corrected chi connectivity index (χ3v) is 4.91. The van der Waals surface area contributed by atoms with E-state index >= 15 is 0 Å². The SMILES string of the molecule is CCOCCCNC(=NCc1ccc(OC)cc1)NCCC(=O)NC1CCCC1. The Balaban J connectivity index is 1.79. The summed E-state index contributed by atoms with van der Waals surface area (Å²) in [5.74, 6) is 1.65. The molecular formula is C22H36N4O3. The molecule has 2 rings (SSSR count). The number of hydrogen-bond acceptors (Lipinski definition) is 4. The Bertz CT molecular complexity index is 613. The fraction of sp³-hybridized carbons (Fsp3) is 0.636. The van der Waals surface area contributed by atoms with Crippen LogP contribution in [0.15, 0.2) is 29.3 Å². The number of methoxy groups -OCH3 is 1. The molecule has 1 aromatic rings. The zero-order valence-electron chi connectivity index (χ0n) is 17.8. The first kappa shape index (κ1) is 23.0. The smallest absolute Gasteiger partial charge is 0.221 e. The van der Waals surface area contributed by atoms with E-state index in [-0.39, 0.29) is 5.91 Å². The van der Waals surface area contributed by atoms with Crippen LogP contribution in [0.3, 0.4) is 0 Å². The lowest BCUT2D eigenvalue weighted by Crippen LogP contribution is -2.41. The van der Waals surface area contributed by atoms with Gasteiger partial charge in [-0.3, -0.25) is 4.79 Å².